The van der Waals surface area contributed by atoms with Crippen LogP contribution in [-0.2, 0) is 9.53 Å². The Hall–Kier alpha value is -0.570. The van der Waals surface area contributed by atoms with Gasteiger partial charge in [-0.15, -0.1) is 0 Å². The van der Waals surface area contributed by atoms with Crippen LogP contribution < -0.4 is 0 Å². The molecule has 1 unspecified atom stereocenters. The van der Waals surface area contributed by atoms with E-state index in [1.54, 1.807) is 6.92 Å². The number of unbranched alkanes of at least 4 members (excludes halogenated alkanes) is 4. The van der Waals surface area contributed by atoms with Gasteiger partial charge in [0.2, 0.25) is 0 Å². The van der Waals surface area contributed by atoms with Gasteiger partial charge in [-0.3, -0.25) is 0 Å². The van der Waals surface area contributed by atoms with E-state index in [0.29, 0.717) is 18.9 Å². The lowest BCUT2D eigenvalue weighted by molar-refractivity contribution is -0.166. The second-order valence-corrected chi connectivity index (χ2v) is 5.41. The maximum atomic E-state index is 11.2. The van der Waals surface area contributed by atoms with E-state index in [9.17, 15) is 9.90 Å². The molecule has 102 valence electrons. The molecule has 0 heterocycles. The smallest absolute Gasteiger partial charge is 0.335 e. The molecule has 3 heteroatoms. The normalized spacial score (nSPS) is 14.9. The number of ether oxygens (including phenoxy) is 1. The zero-order valence-electron chi connectivity index (χ0n) is 11.8. The fraction of sp³-hybridized carbons (Fsp3) is 0.929. The Morgan fingerprint density at radius 1 is 1.24 bits per heavy atom. The quantitative estimate of drug-likeness (QED) is 0.593. The Morgan fingerprint density at radius 2 is 1.82 bits per heavy atom. The molecule has 0 aliphatic carbocycles. The van der Waals surface area contributed by atoms with Gasteiger partial charge in [-0.05, 0) is 25.7 Å². The van der Waals surface area contributed by atoms with E-state index in [2.05, 4.69) is 6.92 Å². The number of hydrogen-bond acceptors (Lipinski definition) is 2. The van der Waals surface area contributed by atoms with Gasteiger partial charge >= 0.3 is 5.97 Å². The lowest BCUT2D eigenvalue weighted by Crippen LogP contribution is -2.39. The lowest BCUT2D eigenvalue weighted by Gasteiger charge is -2.26. The summed E-state index contributed by atoms with van der Waals surface area (Å²) in [4.78, 5) is 11.2. The highest BCUT2D eigenvalue weighted by molar-refractivity contribution is 5.76. The fourth-order valence-corrected chi connectivity index (χ4v) is 1.66. The maximum absolute atomic E-state index is 11.2. The summed E-state index contributed by atoms with van der Waals surface area (Å²) in [7, 11) is 0. The average Bonchev–Trinajstić information content (AvgIpc) is 2.26. The SMILES string of the molecule is CCCCCCCC(C)(OCC(C)C)C(=O)O. The first-order chi connectivity index (χ1) is 7.92. The van der Waals surface area contributed by atoms with Crippen LogP contribution in [0.25, 0.3) is 0 Å². The van der Waals surface area contributed by atoms with Crippen molar-refractivity contribution in [2.45, 2.75) is 71.8 Å². The van der Waals surface area contributed by atoms with Gasteiger partial charge in [0.15, 0.2) is 5.60 Å². The summed E-state index contributed by atoms with van der Waals surface area (Å²) in [6.45, 7) is 8.44. The van der Waals surface area contributed by atoms with Crippen LogP contribution in [-0.4, -0.2) is 23.3 Å². The van der Waals surface area contributed by atoms with Crippen LogP contribution in [0.1, 0.15) is 66.2 Å². The van der Waals surface area contributed by atoms with Gasteiger partial charge in [-0.25, -0.2) is 4.79 Å². The zero-order valence-corrected chi connectivity index (χ0v) is 11.8. The molecule has 0 saturated heterocycles. The van der Waals surface area contributed by atoms with E-state index in [0.717, 1.165) is 12.8 Å². The Morgan fingerprint density at radius 3 is 2.29 bits per heavy atom. The zero-order chi connectivity index (χ0) is 13.3. The molecule has 0 aromatic rings. The summed E-state index contributed by atoms with van der Waals surface area (Å²) in [6, 6.07) is 0. The van der Waals surface area contributed by atoms with Crippen LogP contribution in [0.3, 0.4) is 0 Å². The standard InChI is InChI=1S/C14H28O3/c1-5-6-7-8-9-10-14(4,13(15)16)17-11-12(2)3/h12H,5-11H2,1-4H3,(H,15,16). The summed E-state index contributed by atoms with van der Waals surface area (Å²) in [5.41, 5.74) is -1.00. The minimum atomic E-state index is -1.00. The van der Waals surface area contributed by atoms with Crippen molar-refractivity contribution in [1.29, 1.82) is 0 Å². The van der Waals surface area contributed by atoms with Gasteiger partial charge in [-0.2, -0.15) is 0 Å². The molecule has 0 saturated carbocycles. The number of carboxylic acids is 1. The summed E-state index contributed by atoms with van der Waals surface area (Å²) < 4.78 is 5.56. The average molecular weight is 244 g/mol. The Kier molecular flexibility index (Phi) is 8.23. The van der Waals surface area contributed by atoms with Crippen LogP contribution in [0.2, 0.25) is 0 Å². The maximum Gasteiger partial charge on any atom is 0.335 e. The summed E-state index contributed by atoms with van der Waals surface area (Å²) in [5, 5.41) is 9.22. The van der Waals surface area contributed by atoms with Crippen molar-refractivity contribution >= 4 is 5.97 Å². The Labute approximate surface area is 106 Å². The fourth-order valence-electron chi connectivity index (χ4n) is 1.66. The van der Waals surface area contributed by atoms with Gasteiger partial charge < -0.3 is 9.84 Å². The minimum absolute atomic E-state index is 0.369. The highest BCUT2D eigenvalue weighted by Crippen LogP contribution is 2.21. The van der Waals surface area contributed by atoms with Gasteiger partial charge in [-0.1, -0.05) is 46.5 Å². The van der Waals surface area contributed by atoms with E-state index in [4.69, 9.17) is 4.74 Å². The van der Waals surface area contributed by atoms with Crippen molar-refractivity contribution in [3.63, 3.8) is 0 Å². The Bertz CT molecular complexity index is 214. The number of rotatable bonds is 10. The molecule has 0 aliphatic rings. The molecular formula is C14H28O3. The predicted octanol–water partition coefficient (Wildman–Crippen LogP) is 3.86. The molecule has 0 aliphatic heterocycles. The second-order valence-electron chi connectivity index (χ2n) is 5.41. The van der Waals surface area contributed by atoms with Gasteiger partial charge in [0, 0.05) is 0 Å². The molecule has 0 amide bonds. The topological polar surface area (TPSA) is 46.5 Å². The molecular weight excluding hydrogens is 216 g/mol. The second kappa shape index (κ2) is 8.51. The molecule has 0 spiro atoms. The third-order valence-corrected chi connectivity index (χ3v) is 2.95. The summed E-state index contributed by atoms with van der Waals surface area (Å²) >= 11 is 0. The van der Waals surface area contributed by atoms with Crippen molar-refractivity contribution in [1.82, 2.24) is 0 Å². The highest BCUT2D eigenvalue weighted by atomic mass is 16.5. The number of hydrogen-bond donors (Lipinski definition) is 1. The van der Waals surface area contributed by atoms with Crippen LogP contribution in [0.5, 0.6) is 0 Å². The molecule has 0 radical (unpaired) electrons. The van der Waals surface area contributed by atoms with E-state index in [-0.39, 0.29) is 0 Å². The molecule has 0 aromatic heterocycles. The number of carbonyl (C=O) groups is 1. The summed E-state index contributed by atoms with van der Waals surface area (Å²) in [5.74, 6) is -0.470. The molecule has 3 nitrogen and oxygen atoms in total. The van der Waals surface area contributed by atoms with Gasteiger partial charge in [0.25, 0.3) is 0 Å². The van der Waals surface area contributed by atoms with E-state index in [1.807, 2.05) is 13.8 Å². The molecule has 17 heavy (non-hydrogen) atoms. The van der Waals surface area contributed by atoms with Crippen molar-refractivity contribution in [2.75, 3.05) is 6.61 Å². The van der Waals surface area contributed by atoms with Crippen LogP contribution in [0.15, 0.2) is 0 Å². The van der Waals surface area contributed by atoms with Crippen molar-refractivity contribution < 1.29 is 14.6 Å². The van der Waals surface area contributed by atoms with E-state index in [1.165, 1.54) is 19.3 Å². The van der Waals surface area contributed by atoms with Gasteiger partial charge in [0.05, 0.1) is 6.61 Å². The first-order valence-electron chi connectivity index (χ1n) is 6.79. The number of aliphatic carboxylic acids is 1. The number of carboxylic acid groups (broad SMARTS) is 1. The van der Waals surface area contributed by atoms with E-state index < -0.39 is 11.6 Å². The third-order valence-electron chi connectivity index (χ3n) is 2.95. The predicted molar refractivity (Wildman–Crippen MR) is 70.2 cm³/mol. The molecule has 0 aromatic carbocycles. The van der Waals surface area contributed by atoms with Crippen LogP contribution in [0.4, 0.5) is 0 Å². The Balaban J connectivity index is 3.99. The molecule has 1 atom stereocenters. The third kappa shape index (κ3) is 7.37. The largest absolute Gasteiger partial charge is 0.479 e. The molecule has 0 rings (SSSR count). The molecule has 0 fully saturated rings. The van der Waals surface area contributed by atoms with Crippen molar-refractivity contribution in [3.8, 4) is 0 Å². The van der Waals surface area contributed by atoms with Crippen LogP contribution in [0, 0.1) is 5.92 Å². The van der Waals surface area contributed by atoms with Crippen LogP contribution >= 0.6 is 0 Å². The molecule has 0 bridgehead atoms. The molecule has 1 N–H and O–H groups in total. The monoisotopic (exact) mass is 244 g/mol. The van der Waals surface area contributed by atoms with Gasteiger partial charge in [0.1, 0.15) is 0 Å². The lowest BCUT2D eigenvalue weighted by atomic mass is 9.97. The summed E-state index contributed by atoms with van der Waals surface area (Å²) in [6.07, 6.45) is 6.27. The first-order valence-corrected chi connectivity index (χ1v) is 6.79. The first kappa shape index (κ1) is 16.4. The van der Waals surface area contributed by atoms with E-state index >= 15 is 0 Å². The van der Waals surface area contributed by atoms with Crippen molar-refractivity contribution in [3.05, 3.63) is 0 Å². The van der Waals surface area contributed by atoms with Crippen molar-refractivity contribution in [2.24, 2.45) is 5.92 Å². The minimum Gasteiger partial charge on any atom is -0.479 e. The highest BCUT2D eigenvalue weighted by Gasteiger charge is 2.33.